The largest absolute Gasteiger partial charge is 0.389 e. The van der Waals surface area contributed by atoms with E-state index in [1.807, 2.05) is 13.8 Å². The first kappa shape index (κ1) is 15.4. The lowest BCUT2D eigenvalue weighted by Crippen LogP contribution is -2.38. The Morgan fingerprint density at radius 1 is 1.47 bits per heavy atom. The predicted molar refractivity (Wildman–Crippen MR) is 73.6 cm³/mol. The highest BCUT2D eigenvalue weighted by Gasteiger charge is 2.19. The summed E-state index contributed by atoms with van der Waals surface area (Å²) < 4.78 is 14.0. The Morgan fingerprint density at radius 3 is 2.68 bits per heavy atom. The second-order valence-corrected chi connectivity index (χ2v) is 4.32. The van der Waals surface area contributed by atoms with E-state index in [4.69, 9.17) is 0 Å². The maximum absolute atomic E-state index is 14.0. The van der Waals surface area contributed by atoms with E-state index in [0.717, 1.165) is 0 Å². The van der Waals surface area contributed by atoms with Crippen LogP contribution in [-0.2, 0) is 4.79 Å². The number of carbonyl (C=O) groups is 1. The lowest BCUT2D eigenvalue weighted by Gasteiger charge is -2.26. The first-order chi connectivity index (χ1) is 9.01. The molecule has 1 aromatic rings. The molecule has 0 spiro atoms. The van der Waals surface area contributed by atoms with Crippen molar-refractivity contribution in [3.63, 3.8) is 0 Å². The minimum Gasteiger partial charge on any atom is -0.389 e. The number of amides is 1. The van der Waals surface area contributed by atoms with Crippen molar-refractivity contribution < 1.29 is 14.3 Å². The van der Waals surface area contributed by atoms with Crippen molar-refractivity contribution in [1.29, 1.82) is 0 Å². The van der Waals surface area contributed by atoms with Crippen LogP contribution in [0, 0.1) is 5.82 Å². The third kappa shape index (κ3) is 3.92. The second kappa shape index (κ2) is 7.09. The molecule has 2 N–H and O–H groups in total. The van der Waals surface area contributed by atoms with Crippen LogP contribution in [0.1, 0.15) is 32.4 Å². The molecule has 106 valence electrons. The summed E-state index contributed by atoms with van der Waals surface area (Å²) in [6, 6.07) is 4.56. The van der Waals surface area contributed by atoms with Gasteiger partial charge in [0.05, 0.1) is 18.3 Å². The number of aliphatic hydroxyl groups is 1. The van der Waals surface area contributed by atoms with Crippen LogP contribution >= 0.6 is 0 Å². The first-order valence-corrected chi connectivity index (χ1v) is 6.49. The van der Waals surface area contributed by atoms with Gasteiger partial charge < -0.3 is 15.3 Å². The summed E-state index contributed by atoms with van der Waals surface area (Å²) in [6.45, 7) is 6.36. The normalized spacial score (nSPS) is 12.1. The molecule has 0 saturated carbocycles. The Hall–Kier alpha value is -1.62. The average molecular weight is 268 g/mol. The van der Waals surface area contributed by atoms with E-state index < -0.39 is 11.9 Å². The highest BCUT2D eigenvalue weighted by atomic mass is 19.1. The Labute approximate surface area is 113 Å². The lowest BCUT2D eigenvalue weighted by molar-refractivity contribution is -0.119. The number of halogens is 1. The van der Waals surface area contributed by atoms with E-state index in [1.165, 1.54) is 6.07 Å². The maximum atomic E-state index is 14.0. The number of hydrogen-bond acceptors (Lipinski definition) is 3. The smallest absolute Gasteiger partial charge is 0.239 e. The topological polar surface area (TPSA) is 52.6 Å². The fourth-order valence-electron chi connectivity index (χ4n) is 1.98. The van der Waals surface area contributed by atoms with Gasteiger partial charge in [-0.25, -0.2) is 4.39 Å². The molecule has 1 amide bonds. The van der Waals surface area contributed by atoms with Gasteiger partial charge in [0.2, 0.25) is 5.91 Å². The van der Waals surface area contributed by atoms with Gasteiger partial charge in [-0.1, -0.05) is 12.1 Å². The van der Waals surface area contributed by atoms with Crippen LogP contribution in [0.2, 0.25) is 0 Å². The molecule has 1 atom stereocenters. The van der Waals surface area contributed by atoms with Gasteiger partial charge in [-0.3, -0.25) is 4.79 Å². The minimum atomic E-state index is -0.783. The molecule has 0 fully saturated rings. The van der Waals surface area contributed by atoms with Gasteiger partial charge in [-0.15, -0.1) is 0 Å². The first-order valence-electron chi connectivity index (χ1n) is 6.49. The Balaban J connectivity index is 3.07. The average Bonchev–Trinajstić information content (AvgIpc) is 2.36. The van der Waals surface area contributed by atoms with Gasteiger partial charge in [-0.05, 0) is 26.8 Å². The Morgan fingerprint density at radius 2 is 2.16 bits per heavy atom. The molecular formula is C14H21FN2O2. The number of nitrogens with one attached hydrogen (secondary N) is 1. The van der Waals surface area contributed by atoms with Crippen molar-refractivity contribution in [2.45, 2.75) is 26.9 Å². The summed E-state index contributed by atoms with van der Waals surface area (Å²) in [5.74, 6) is -0.589. The van der Waals surface area contributed by atoms with Crippen LogP contribution < -0.4 is 10.2 Å². The number of aliphatic hydroxyl groups excluding tert-OH is 1. The van der Waals surface area contributed by atoms with E-state index in [2.05, 4.69) is 5.32 Å². The van der Waals surface area contributed by atoms with Crippen molar-refractivity contribution in [3.05, 3.63) is 29.6 Å². The molecule has 4 nitrogen and oxygen atoms in total. The zero-order chi connectivity index (χ0) is 14.4. The number of likely N-dealkylation sites (N-methyl/N-ethyl adjacent to an activating group) is 2. The van der Waals surface area contributed by atoms with Gasteiger partial charge in [0.1, 0.15) is 5.82 Å². The summed E-state index contributed by atoms with van der Waals surface area (Å²) in [4.78, 5) is 13.3. The lowest BCUT2D eigenvalue weighted by atomic mass is 10.1. The molecule has 5 heteroatoms. The van der Waals surface area contributed by atoms with Gasteiger partial charge >= 0.3 is 0 Å². The van der Waals surface area contributed by atoms with Crippen LogP contribution in [-0.4, -0.2) is 30.6 Å². The number of benzene rings is 1. The summed E-state index contributed by atoms with van der Waals surface area (Å²) in [5, 5.41) is 12.4. The molecule has 0 aliphatic carbocycles. The molecular weight excluding hydrogens is 247 g/mol. The molecule has 1 rings (SSSR count). The van der Waals surface area contributed by atoms with Gasteiger partial charge in [0.15, 0.2) is 0 Å². The van der Waals surface area contributed by atoms with Crippen molar-refractivity contribution in [2.75, 3.05) is 24.5 Å². The number of para-hydroxylation sites is 1. The Kier molecular flexibility index (Phi) is 5.76. The van der Waals surface area contributed by atoms with E-state index in [-0.39, 0.29) is 12.5 Å². The van der Waals surface area contributed by atoms with Crippen LogP contribution in [0.5, 0.6) is 0 Å². The zero-order valence-corrected chi connectivity index (χ0v) is 11.6. The fraction of sp³-hybridized carbons (Fsp3) is 0.500. The maximum Gasteiger partial charge on any atom is 0.239 e. The molecule has 0 radical (unpaired) electrons. The molecule has 0 aromatic heterocycles. The van der Waals surface area contributed by atoms with Crippen molar-refractivity contribution in [2.24, 2.45) is 0 Å². The zero-order valence-electron chi connectivity index (χ0n) is 11.6. The molecule has 0 saturated heterocycles. The molecule has 19 heavy (non-hydrogen) atoms. The van der Waals surface area contributed by atoms with Crippen LogP contribution in [0.3, 0.4) is 0 Å². The van der Waals surface area contributed by atoms with Crippen LogP contribution in [0.25, 0.3) is 0 Å². The number of carbonyl (C=O) groups excluding carboxylic acids is 1. The highest BCUT2D eigenvalue weighted by molar-refractivity contribution is 5.81. The standard InChI is InChI=1S/C14H21FN2O2/c1-4-16-13(19)9-17(5-2)14-11(10(3)18)7-6-8-12(14)15/h6-8,10,18H,4-5,9H2,1-3H3,(H,16,19). The van der Waals surface area contributed by atoms with Crippen molar-refractivity contribution >= 4 is 11.6 Å². The van der Waals surface area contributed by atoms with Gasteiger partial charge in [0.25, 0.3) is 0 Å². The third-order valence-corrected chi connectivity index (χ3v) is 2.87. The Bertz CT molecular complexity index is 435. The van der Waals surface area contributed by atoms with Crippen LogP contribution in [0.15, 0.2) is 18.2 Å². The van der Waals surface area contributed by atoms with E-state index >= 15 is 0 Å². The highest BCUT2D eigenvalue weighted by Crippen LogP contribution is 2.29. The summed E-state index contributed by atoms with van der Waals surface area (Å²) in [6.07, 6.45) is -0.783. The molecule has 0 aliphatic rings. The molecule has 0 aliphatic heterocycles. The SMILES string of the molecule is CCNC(=O)CN(CC)c1c(F)cccc1C(C)O. The third-order valence-electron chi connectivity index (χ3n) is 2.87. The van der Waals surface area contributed by atoms with E-state index in [1.54, 1.807) is 24.0 Å². The van der Waals surface area contributed by atoms with Crippen molar-refractivity contribution in [1.82, 2.24) is 5.32 Å². The van der Waals surface area contributed by atoms with Gasteiger partial charge in [-0.2, -0.15) is 0 Å². The fourth-order valence-corrected chi connectivity index (χ4v) is 1.98. The molecule has 0 heterocycles. The van der Waals surface area contributed by atoms with Crippen molar-refractivity contribution in [3.8, 4) is 0 Å². The number of hydrogen-bond donors (Lipinski definition) is 2. The molecule has 0 bridgehead atoms. The molecule has 1 aromatic carbocycles. The van der Waals surface area contributed by atoms with Gasteiger partial charge in [0, 0.05) is 18.7 Å². The minimum absolute atomic E-state index is 0.0744. The summed E-state index contributed by atoms with van der Waals surface area (Å²) in [5.41, 5.74) is 0.789. The second-order valence-electron chi connectivity index (χ2n) is 4.32. The number of rotatable bonds is 6. The monoisotopic (exact) mass is 268 g/mol. The predicted octanol–water partition coefficient (Wildman–Crippen LogP) is 1.84. The van der Waals surface area contributed by atoms with E-state index in [0.29, 0.717) is 24.3 Å². The quantitative estimate of drug-likeness (QED) is 0.827. The number of anilines is 1. The molecule has 1 unspecified atom stereocenters. The van der Waals surface area contributed by atoms with Crippen LogP contribution in [0.4, 0.5) is 10.1 Å². The number of nitrogens with zero attached hydrogens (tertiary/aromatic N) is 1. The summed E-state index contributed by atoms with van der Waals surface area (Å²) in [7, 11) is 0. The van der Waals surface area contributed by atoms with E-state index in [9.17, 15) is 14.3 Å². The summed E-state index contributed by atoms with van der Waals surface area (Å²) >= 11 is 0.